The van der Waals surface area contributed by atoms with Crippen LogP contribution in [0.5, 0.6) is 0 Å². The minimum atomic E-state index is 0.158. The summed E-state index contributed by atoms with van der Waals surface area (Å²) < 4.78 is 5.46. The third kappa shape index (κ3) is 11.5. The second-order valence-corrected chi connectivity index (χ2v) is 4.39. The Balaban J connectivity index is 3.01. The smallest absolute Gasteiger partial charge is 0.219 e. The summed E-state index contributed by atoms with van der Waals surface area (Å²) in [6, 6.07) is 0. The van der Waals surface area contributed by atoms with Gasteiger partial charge in [0.15, 0.2) is 0 Å². The molecule has 0 saturated heterocycles. The van der Waals surface area contributed by atoms with E-state index >= 15 is 0 Å². The van der Waals surface area contributed by atoms with Crippen LogP contribution >= 0.6 is 0 Å². The predicted octanol–water partition coefficient (Wildman–Crippen LogP) is 2.89. The first-order valence-electron chi connectivity index (χ1n) is 6.55. The van der Waals surface area contributed by atoms with E-state index < -0.39 is 0 Å². The van der Waals surface area contributed by atoms with Crippen LogP contribution in [0.1, 0.15) is 59.3 Å². The summed E-state index contributed by atoms with van der Waals surface area (Å²) in [6.07, 6.45) is 6.86. The highest BCUT2D eigenvalue weighted by Gasteiger charge is 1.96. The second-order valence-electron chi connectivity index (χ2n) is 4.39. The van der Waals surface area contributed by atoms with Crippen molar-refractivity contribution < 1.29 is 9.53 Å². The van der Waals surface area contributed by atoms with Crippen molar-refractivity contribution in [2.45, 2.75) is 65.4 Å². The van der Waals surface area contributed by atoms with E-state index in [1.165, 1.54) is 19.3 Å². The van der Waals surface area contributed by atoms with Crippen LogP contribution in [0.25, 0.3) is 0 Å². The molecule has 0 fully saturated rings. The van der Waals surface area contributed by atoms with Crippen molar-refractivity contribution in [2.24, 2.45) is 0 Å². The third-order valence-electron chi connectivity index (χ3n) is 2.42. The first-order valence-corrected chi connectivity index (χ1v) is 6.55. The van der Waals surface area contributed by atoms with Crippen molar-refractivity contribution in [1.82, 2.24) is 5.32 Å². The van der Waals surface area contributed by atoms with Crippen molar-refractivity contribution in [3.63, 3.8) is 0 Å². The van der Waals surface area contributed by atoms with Crippen molar-refractivity contribution in [3.05, 3.63) is 0 Å². The summed E-state index contributed by atoms with van der Waals surface area (Å²) in [5.74, 6) is 0.158. The van der Waals surface area contributed by atoms with Crippen molar-refractivity contribution >= 4 is 5.91 Å². The Labute approximate surface area is 99.9 Å². The quantitative estimate of drug-likeness (QED) is 0.585. The molecule has 0 saturated carbocycles. The highest BCUT2D eigenvalue weighted by atomic mass is 16.5. The highest BCUT2D eigenvalue weighted by molar-refractivity contribution is 5.75. The fourth-order valence-electron chi connectivity index (χ4n) is 1.43. The molecule has 3 nitrogen and oxygen atoms in total. The monoisotopic (exact) mass is 229 g/mol. The SMILES string of the molecule is CCC(=O)NCCCCCCCOC(C)C. The zero-order valence-corrected chi connectivity index (χ0v) is 11.1. The van der Waals surface area contributed by atoms with E-state index in [0.717, 1.165) is 26.0 Å². The van der Waals surface area contributed by atoms with Crippen LogP contribution in [0.2, 0.25) is 0 Å². The Kier molecular flexibility index (Phi) is 10.5. The molecular weight excluding hydrogens is 202 g/mol. The number of ether oxygens (including phenoxy) is 1. The maximum absolute atomic E-state index is 10.9. The van der Waals surface area contributed by atoms with Gasteiger partial charge in [0.1, 0.15) is 0 Å². The normalized spacial score (nSPS) is 10.8. The first-order chi connectivity index (χ1) is 7.66. The average molecular weight is 229 g/mol. The molecule has 0 heterocycles. The summed E-state index contributed by atoms with van der Waals surface area (Å²) >= 11 is 0. The van der Waals surface area contributed by atoms with Crippen molar-refractivity contribution in [2.75, 3.05) is 13.2 Å². The number of carbonyl (C=O) groups is 1. The topological polar surface area (TPSA) is 38.3 Å². The fourth-order valence-corrected chi connectivity index (χ4v) is 1.43. The third-order valence-corrected chi connectivity index (χ3v) is 2.42. The molecule has 0 aromatic rings. The lowest BCUT2D eigenvalue weighted by Gasteiger charge is -2.07. The van der Waals surface area contributed by atoms with E-state index in [1.807, 2.05) is 6.92 Å². The molecule has 0 aromatic heterocycles. The molecule has 0 aliphatic heterocycles. The lowest BCUT2D eigenvalue weighted by atomic mass is 10.1. The van der Waals surface area contributed by atoms with Crippen molar-refractivity contribution in [3.8, 4) is 0 Å². The molecule has 0 aromatic carbocycles. The molecule has 0 bridgehead atoms. The summed E-state index contributed by atoms with van der Waals surface area (Å²) in [4.78, 5) is 10.9. The highest BCUT2D eigenvalue weighted by Crippen LogP contribution is 2.03. The molecule has 1 amide bonds. The standard InChI is InChI=1S/C13H27NO2/c1-4-13(15)14-10-8-6-5-7-9-11-16-12(2)3/h12H,4-11H2,1-3H3,(H,14,15). The number of hydrogen-bond donors (Lipinski definition) is 1. The van der Waals surface area contributed by atoms with E-state index in [1.54, 1.807) is 0 Å². The lowest BCUT2D eigenvalue weighted by molar-refractivity contribution is -0.120. The maximum atomic E-state index is 10.9. The van der Waals surface area contributed by atoms with Gasteiger partial charge in [-0.1, -0.05) is 26.2 Å². The van der Waals surface area contributed by atoms with E-state index in [-0.39, 0.29) is 5.91 Å². The van der Waals surface area contributed by atoms with Gasteiger partial charge in [0.25, 0.3) is 0 Å². The first kappa shape index (κ1) is 15.4. The molecule has 0 atom stereocenters. The number of hydrogen-bond acceptors (Lipinski definition) is 2. The Morgan fingerprint density at radius 1 is 1.12 bits per heavy atom. The van der Waals surface area contributed by atoms with Crippen LogP contribution in [0.15, 0.2) is 0 Å². The lowest BCUT2D eigenvalue weighted by Crippen LogP contribution is -2.23. The van der Waals surface area contributed by atoms with E-state index in [4.69, 9.17) is 4.74 Å². The summed E-state index contributed by atoms with van der Waals surface area (Å²) in [5.41, 5.74) is 0. The number of rotatable bonds is 10. The van der Waals surface area contributed by atoms with Gasteiger partial charge >= 0.3 is 0 Å². The van der Waals surface area contributed by atoms with Gasteiger partial charge in [-0.2, -0.15) is 0 Å². The molecule has 0 radical (unpaired) electrons. The van der Waals surface area contributed by atoms with Gasteiger partial charge in [0.2, 0.25) is 5.91 Å². The molecule has 0 spiro atoms. The Morgan fingerprint density at radius 2 is 1.75 bits per heavy atom. The number of carbonyl (C=O) groups excluding carboxylic acids is 1. The molecule has 96 valence electrons. The Bertz CT molecular complexity index is 169. The van der Waals surface area contributed by atoms with E-state index in [2.05, 4.69) is 19.2 Å². The number of unbranched alkanes of at least 4 members (excludes halogenated alkanes) is 4. The zero-order valence-electron chi connectivity index (χ0n) is 11.1. The number of nitrogens with one attached hydrogen (secondary N) is 1. The van der Waals surface area contributed by atoms with Crippen molar-refractivity contribution in [1.29, 1.82) is 0 Å². The summed E-state index contributed by atoms with van der Waals surface area (Å²) in [5, 5.41) is 2.89. The molecular formula is C13H27NO2. The van der Waals surface area contributed by atoms with Gasteiger partial charge in [-0.05, 0) is 26.7 Å². The second kappa shape index (κ2) is 10.9. The molecule has 1 N–H and O–H groups in total. The molecule has 0 unspecified atom stereocenters. The molecule has 0 aliphatic carbocycles. The van der Waals surface area contributed by atoms with Gasteiger partial charge < -0.3 is 10.1 Å². The summed E-state index contributed by atoms with van der Waals surface area (Å²) in [7, 11) is 0. The molecule has 3 heteroatoms. The van der Waals surface area contributed by atoms with Crippen LogP contribution in [-0.2, 0) is 9.53 Å². The minimum absolute atomic E-state index is 0.158. The van der Waals surface area contributed by atoms with Gasteiger partial charge in [-0.15, -0.1) is 0 Å². The van der Waals surface area contributed by atoms with Crippen LogP contribution < -0.4 is 5.32 Å². The summed E-state index contributed by atoms with van der Waals surface area (Å²) in [6.45, 7) is 7.72. The number of amides is 1. The average Bonchev–Trinajstić information content (AvgIpc) is 2.26. The van der Waals surface area contributed by atoms with Gasteiger partial charge in [-0.3, -0.25) is 4.79 Å². The van der Waals surface area contributed by atoms with Crippen LogP contribution in [0.4, 0.5) is 0 Å². The minimum Gasteiger partial charge on any atom is -0.379 e. The van der Waals surface area contributed by atoms with Crippen LogP contribution in [-0.4, -0.2) is 25.2 Å². The molecule has 0 rings (SSSR count). The van der Waals surface area contributed by atoms with E-state index in [0.29, 0.717) is 12.5 Å². The van der Waals surface area contributed by atoms with Crippen LogP contribution in [0.3, 0.4) is 0 Å². The van der Waals surface area contributed by atoms with Gasteiger partial charge in [0.05, 0.1) is 6.10 Å². The largest absolute Gasteiger partial charge is 0.379 e. The Morgan fingerprint density at radius 3 is 2.38 bits per heavy atom. The van der Waals surface area contributed by atoms with E-state index in [9.17, 15) is 4.79 Å². The zero-order chi connectivity index (χ0) is 12.2. The molecule has 16 heavy (non-hydrogen) atoms. The van der Waals surface area contributed by atoms with Crippen LogP contribution in [0, 0.1) is 0 Å². The maximum Gasteiger partial charge on any atom is 0.219 e. The fraction of sp³-hybridized carbons (Fsp3) is 0.923. The van der Waals surface area contributed by atoms with Gasteiger partial charge in [-0.25, -0.2) is 0 Å². The van der Waals surface area contributed by atoms with Gasteiger partial charge in [0, 0.05) is 19.6 Å². The Hall–Kier alpha value is -0.570. The molecule has 0 aliphatic rings. The predicted molar refractivity (Wildman–Crippen MR) is 67.5 cm³/mol.